The summed E-state index contributed by atoms with van der Waals surface area (Å²) in [7, 11) is 0. The van der Waals surface area contributed by atoms with Gasteiger partial charge in [-0.25, -0.2) is 0 Å². The third-order valence-corrected chi connectivity index (χ3v) is 4.33. The fraction of sp³-hybridized carbons (Fsp3) is 1.00. The molecule has 0 amide bonds. The molecule has 1 heterocycles. The van der Waals surface area contributed by atoms with E-state index in [1.807, 2.05) is 0 Å². The molecule has 1 saturated heterocycles. The molecular weight excluding hydrogens is 297 g/mol. The highest BCUT2D eigenvalue weighted by atomic mass is 127. The van der Waals surface area contributed by atoms with Gasteiger partial charge >= 0.3 is 0 Å². The second-order valence-corrected chi connectivity index (χ2v) is 5.55. The van der Waals surface area contributed by atoms with Crippen molar-refractivity contribution in [2.24, 2.45) is 5.92 Å². The molecule has 1 aliphatic heterocycles. The molecule has 1 saturated carbocycles. The highest BCUT2D eigenvalue weighted by molar-refractivity contribution is 4.68. The van der Waals surface area contributed by atoms with E-state index in [9.17, 15) is 0 Å². The predicted octanol–water partition coefficient (Wildman–Crippen LogP) is 0.201. The quantitative estimate of drug-likeness (QED) is 0.512. The zero-order valence-electron chi connectivity index (χ0n) is 10.2. The second-order valence-electron chi connectivity index (χ2n) is 5.55. The summed E-state index contributed by atoms with van der Waals surface area (Å²) in [6.07, 6.45) is 10.5. The Morgan fingerprint density at radius 1 is 1.00 bits per heavy atom. The van der Waals surface area contributed by atoms with Gasteiger partial charge in [-0.15, -0.1) is 0 Å². The van der Waals surface area contributed by atoms with Crippen molar-refractivity contribution in [3.05, 3.63) is 0 Å². The first-order valence-electron chi connectivity index (χ1n) is 6.70. The monoisotopic (exact) mass is 323 g/mol. The molecule has 90 valence electrons. The molecule has 0 bridgehead atoms. The van der Waals surface area contributed by atoms with E-state index < -0.39 is 0 Å². The third kappa shape index (κ3) is 3.58. The molecule has 0 aromatic rings. The molecule has 2 aliphatic rings. The summed E-state index contributed by atoms with van der Waals surface area (Å²) in [5.41, 5.74) is 0. The summed E-state index contributed by atoms with van der Waals surface area (Å²) in [6, 6.07) is 0. The van der Waals surface area contributed by atoms with E-state index in [0.717, 1.165) is 5.92 Å². The lowest BCUT2D eigenvalue weighted by Gasteiger charge is -2.36. The van der Waals surface area contributed by atoms with Crippen LogP contribution in [0.15, 0.2) is 0 Å². The van der Waals surface area contributed by atoms with E-state index in [4.69, 9.17) is 0 Å². The van der Waals surface area contributed by atoms with Crippen LogP contribution in [0.2, 0.25) is 0 Å². The lowest BCUT2D eigenvalue weighted by atomic mass is 10.1. The van der Waals surface area contributed by atoms with Gasteiger partial charge in [0.1, 0.15) is 0 Å². The van der Waals surface area contributed by atoms with Crippen molar-refractivity contribution in [3.63, 3.8) is 0 Å². The number of rotatable bonds is 4. The maximum absolute atomic E-state index is 2.35. The van der Waals surface area contributed by atoms with Gasteiger partial charge in [0, 0.05) is 18.8 Å². The summed E-state index contributed by atoms with van der Waals surface area (Å²) in [5.74, 6) is 1.08. The average Bonchev–Trinajstić information content (AvgIpc) is 2.78. The van der Waals surface area contributed by atoms with Crippen molar-refractivity contribution < 1.29 is 28.5 Å². The summed E-state index contributed by atoms with van der Waals surface area (Å²) in [6.45, 7) is 8.31. The van der Waals surface area contributed by atoms with Crippen molar-refractivity contribution in [2.45, 2.75) is 51.9 Å². The van der Waals surface area contributed by atoms with Crippen LogP contribution in [-0.2, 0) is 0 Å². The molecule has 1 aliphatic carbocycles. The Morgan fingerprint density at radius 2 is 1.60 bits per heavy atom. The lowest BCUT2D eigenvalue weighted by molar-refractivity contribution is -0.919. The molecule has 0 unspecified atom stereocenters. The summed E-state index contributed by atoms with van der Waals surface area (Å²) >= 11 is 0. The lowest BCUT2D eigenvalue weighted by Crippen LogP contribution is -3.00. The van der Waals surface area contributed by atoms with Gasteiger partial charge in [0.2, 0.25) is 0 Å². The van der Waals surface area contributed by atoms with Gasteiger partial charge in [-0.3, -0.25) is 0 Å². The first-order chi connectivity index (χ1) is 6.85. The molecule has 0 aromatic carbocycles. The molecule has 2 heteroatoms. The highest BCUT2D eigenvalue weighted by Crippen LogP contribution is 2.30. The molecule has 0 spiro atoms. The van der Waals surface area contributed by atoms with Crippen LogP contribution >= 0.6 is 0 Å². The second kappa shape index (κ2) is 6.43. The Bertz CT molecular complexity index is 169. The largest absolute Gasteiger partial charge is 1.00 e. The number of quaternary nitrogens is 1. The first kappa shape index (κ1) is 13.8. The van der Waals surface area contributed by atoms with Crippen molar-refractivity contribution in [1.82, 2.24) is 0 Å². The maximum Gasteiger partial charge on any atom is 0.0815 e. The zero-order chi connectivity index (χ0) is 9.86. The van der Waals surface area contributed by atoms with Crippen molar-refractivity contribution in [2.75, 3.05) is 26.2 Å². The number of nitrogens with zero attached hydrogens (tertiary/aromatic N) is 1. The van der Waals surface area contributed by atoms with E-state index in [-0.39, 0.29) is 24.0 Å². The number of likely N-dealkylation sites (tertiary alicyclic amines) is 1. The van der Waals surface area contributed by atoms with E-state index >= 15 is 0 Å². The van der Waals surface area contributed by atoms with Crippen LogP contribution < -0.4 is 24.0 Å². The third-order valence-electron chi connectivity index (χ3n) is 4.33. The Balaban J connectivity index is 0.00000112. The Kier molecular flexibility index (Phi) is 5.90. The van der Waals surface area contributed by atoms with Gasteiger partial charge in [-0.05, 0) is 19.3 Å². The van der Waals surface area contributed by atoms with Crippen molar-refractivity contribution in [3.8, 4) is 0 Å². The first-order valence-corrected chi connectivity index (χ1v) is 6.70. The van der Waals surface area contributed by atoms with Gasteiger partial charge < -0.3 is 28.5 Å². The number of hydrogen-bond acceptors (Lipinski definition) is 0. The van der Waals surface area contributed by atoms with Crippen LogP contribution in [0.3, 0.4) is 0 Å². The molecular formula is C13H26IN. The summed E-state index contributed by atoms with van der Waals surface area (Å²) < 4.78 is 1.49. The van der Waals surface area contributed by atoms with Crippen LogP contribution in [0.4, 0.5) is 0 Å². The van der Waals surface area contributed by atoms with Gasteiger partial charge in [0.15, 0.2) is 0 Å². The van der Waals surface area contributed by atoms with Crippen LogP contribution in [0.5, 0.6) is 0 Å². The van der Waals surface area contributed by atoms with Gasteiger partial charge in [0.25, 0.3) is 0 Å². The topological polar surface area (TPSA) is 0 Å². The van der Waals surface area contributed by atoms with E-state index in [1.165, 1.54) is 75.6 Å². The molecule has 0 radical (unpaired) electrons. The minimum Gasteiger partial charge on any atom is -1.00 e. The molecule has 1 nitrogen and oxygen atoms in total. The standard InChI is InChI=1S/C13H26N.HI/c1-2-9-14(10-5-6-11-14)12-13-7-3-4-8-13;/h13H,2-12H2,1H3;1H/q+1;/p-1. The Hall–Kier alpha value is 0.690. The van der Waals surface area contributed by atoms with Gasteiger partial charge in [0.05, 0.1) is 26.2 Å². The Morgan fingerprint density at radius 3 is 2.13 bits per heavy atom. The Labute approximate surface area is 112 Å². The van der Waals surface area contributed by atoms with E-state index in [1.54, 1.807) is 0 Å². The molecule has 2 rings (SSSR count). The zero-order valence-corrected chi connectivity index (χ0v) is 12.3. The van der Waals surface area contributed by atoms with Gasteiger partial charge in [-0.1, -0.05) is 19.8 Å². The molecule has 0 aromatic heterocycles. The van der Waals surface area contributed by atoms with Gasteiger partial charge in [-0.2, -0.15) is 0 Å². The smallest absolute Gasteiger partial charge is 0.0815 e. The maximum atomic E-state index is 2.35. The fourth-order valence-corrected chi connectivity index (χ4v) is 3.72. The summed E-state index contributed by atoms with van der Waals surface area (Å²) in [5, 5.41) is 0. The van der Waals surface area contributed by atoms with Crippen LogP contribution in [0, 0.1) is 5.92 Å². The van der Waals surface area contributed by atoms with E-state index in [0.29, 0.717) is 0 Å². The predicted molar refractivity (Wildman–Crippen MR) is 61.2 cm³/mol. The SMILES string of the molecule is CCC[N+]1(CC2CCCC2)CCCC1.[I-]. The minimum absolute atomic E-state index is 0. The molecule has 2 fully saturated rings. The van der Waals surface area contributed by atoms with Crippen LogP contribution in [0.1, 0.15) is 51.9 Å². The molecule has 0 N–H and O–H groups in total. The number of hydrogen-bond donors (Lipinski definition) is 0. The van der Waals surface area contributed by atoms with Crippen molar-refractivity contribution >= 4 is 0 Å². The molecule has 0 atom stereocenters. The highest BCUT2D eigenvalue weighted by Gasteiger charge is 2.34. The fourth-order valence-electron chi connectivity index (χ4n) is 3.72. The summed E-state index contributed by atoms with van der Waals surface area (Å²) in [4.78, 5) is 0. The van der Waals surface area contributed by atoms with Crippen LogP contribution in [-0.4, -0.2) is 30.7 Å². The van der Waals surface area contributed by atoms with E-state index in [2.05, 4.69) is 6.92 Å². The minimum atomic E-state index is 0. The van der Waals surface area contributed by atoms with Crippen molar-refractivity contribution in [1.29, 1.82) is 0 Å². The average molecular weight is 323 g/mol. The van der Waals surface area contributed by atoms with Crippen LogP contribution in [0.25, 0.3) is 0 Å². The molecule has 15 heavy (non-hydrogen) atoms. The number of halogens is 1. The normalized spacial score (nSPS) is 25.4.